The van der Waals surface area contributed by atoms with Gasteiger partial charge in [0.2, 0.25) is 0 Å². The van der Waals surface area contributed by atoms with Crippen molar-refractivity contribution in [2.24, 2.45) is 0 Å². The van der Waals surface area contributed by atoms with Gasteiger partial charge in [-0.25, -0.2) is 9.18 Å². The summed E-state index contributed by atoms with van der Waals surface area (Å²) in [5.41, 5.74) is 0.360. The minimum absolute atomic E-state index is 0.0733. The summed E-state index contributed by atoms with van der Waals surface area (Å²) in [4.78, 5) is 21.4. The SMILES string of the molecule is CCOC(=O)C#Cc1ccc(CC(=O)O)c(F)c1. The van der Waals surface area contributed by atoms with Crippen molar-refractivity contribution in [3.05, 3.63) is 35.1 Å². The summed E-state index contributed by atoms with van der Waals surface area (Å²) in [6, 6.07) is 3.87. The van der Waals surface area contributed by atoms with Crippen molar-refractivity contribution >= 4 is 11.9 Å². The molecule has 0 aliphatic rings. The lowest BCUT2D eigenvalue weighted by molar-refractivity contribution is -0.137. The van der Waals surface area contributed by atoms with Gasteiger partial charge in [0.25, 0.3) is 0 Å². The average molecular weight is 250 g/mol. The standard InChI is InChI=1S/C13H11FO4/c1-2-18-13(17)6-4-9-3-5-10(8-12(15)16)11(14)7-9/h3,5,7H,2,8H2,1H3,(H,15,16). The summed E-state index contributed by atoms with van der Waals surface area (Å²) in [7, 11) is 0. The molecule has 18 heavy (non-hydrogen) atoms. The van der Waals surface area contributed by atoms with E-state index in [2.05, 4.69) is 16.6 Å². The number of rotatable bonds is 3. The van der Waals surface area contributed by atoms with Crippen molar-refractivity contribution in [1.82, 2.24) is 0 Å². The maximum absolute atomic E-state index is 13.4. The van der Waals surface area contributed by atoms with Gasteiger partial charge >= 0.3 is 11.9 Å². The quantitative estimate of drug-likeness (QED) is 0.650. The highest BCUT2D eigenvalue weighted by atomic mass is 19.1. The molecule has 1 N–H and O–H groups in total. The molecule has 1 aromatic carbocycles. The molecule has 0 aliphatic heterocycles. The van der Waals surface area contributed by atoms with Crippen LogP contribution < -0.4 is 0 Å². The molecule has 0 heterocycles. The molecule has 94 valence electrons. The van der Waals surface area contributed by atoms with E-state index in [9.17, 15) is 14.0 Å². The number of halogens is 1. The van der Waals surface area contributed by atoms with Gasteiger partial charge in [-0.3, -0.25) is 4.79 Å². The van der Waals surface area contributed by atoms with Crippen LogP contribution in [0.5, 0.6) is 0 Å². The van der Waals surface area contributed by atoms with E-state index in [1.807, 2.05) is 0 Å². The highest BCUT2D eigenvalue weighted by Gasteiger charge is 2.06. The molecule has 1 aromatic rings. The summed E-state index contributed by atoms with van der Waals surface area (Å²) in [5.74, 6) is 2.17. The number of benzene rings is 1. The number of hydrogen-bond acceptors (Lipinski definition) is 3. The molecular weight excluding hydrogens is 239 g/mol. The number of carbonyl (C=O) groups excluding carboxylic acids is 1. The first-order chi connectivity index (χ1) is 8.52. The van der Waals surface area contributed by atoms with E-state index in [0.29, 0.717) is 0 Å². The van der Waals surface area contributed by atoms with Crippen LogP contribution in [0, 0.1) is 17.7 Å². The zero-order valence-electron chi connectivity index (χ0n) is 9.70. The van der Waals surface area contributed by atoms with E-state index in [0.717, 1.165) is 6.07 Å². The number of aliphatic carboxylic acids is 1. The van der Waals surface area contributed by atoms with Crippen LogP contribution in [0.2, 0.25) is 0 Å². The molecule has 0 bridgehead atoms. The Morgan fingerprint density at radius 2 is 2.17 bits per heavy atom. The van der Waals surface area contributed by atoms with Gasteiger partial charge < -0.3 is 9.84 Å². The molecule has 0 saturated carbocycles. The van der Waals surface area contributed by atoms with Crippen LogP contribution in [-0.4, -0.2) is 23.7 Å². The first-order valence-electron chi connectivity index (χ1n) is 5.22. The Morgan fingerprint density at radius 1 is 1.44 bits per heavy atom. The fourth-order valence-electron chi connectivity index (χ4n) is 1.22. The largest absolute Gasteiger partial charge is 0.481 e. The molecule has 0 aliphatic carbocycles. The van der Waals surface area contributed by atoms with Gasteiger partial charge in [0.15, 0.2) is 0 Å². The first kappa shape index (κ1) is 13.7. The Labute approximate surface area is 103 Å². The number of carboxylic acid groups (broad SMARTS) is 1. The van der Waals surface area contributed by atoms with Gasteiger partial charge in [-0.15, -0.1) is 0 Å². The lowest BCUT2D eigenvalue weighted by Gasteiger charge is -1.99. The van der Waals surface area contributed by atoms with E-state index in [4.69, 9.17) is 5.11 Å². The third-order valence-corrected chi connectivity index (χ3v) is 1.98. The molecule has 0 unspecified atom stereocenters. The van der Waals surface area contributed by atoms with Crippen LogP contribution in [0.3, 0.4) is 0 Å². The molecule has 0 aromatic heterocycles. The summed E-state index contributed by atoms with van der Waals surface area (Å²) < 4.78 is 18.0. The molecule has 0 amide bonds. The lowest BCUT2D eigenvalue weighted by atomic mass is 10.1. The maximum atomic E-state index is 13.4. The number of carboxylic acids is 1. The Kier molecular flexibility index (Phi) is 4.88. The van der Waals surface area contributed by atoms with Gasteiger partial charge in [0.1, 0.15) is 5.82 Å². The highest BCUT2D eigenvalue weighted by Crippen LogP contribution is 2.10. The third-order valence-electron chi connectivity index (χ3n) is 1.98. The van der Waals surface area contributed by atoms with Crippen molar-refractivity contribution in [2.45, 2.75) is 13.3 Å². The average Bonchev–Trinajstić information content (AvgIpc) is 2.29. The summed E-state index contributed by atoms with van der Waals surface area (Å²) >= 11 is 0. The minimum atomic E-state index is -1.11. The second-order valence-corrected chi connectivity index (χ2v) is 3.35. The Balaban J connectivity index is 2.84. The van der Waals surface area contributed by atoms with Crippen LogP contribution in [-0.2, 0) is 20.7 Å². The number of hydrogen-bond donors (Lipinski definition) is 1. The van der Waals surface area contributed by atoms with Crippen LogP contribution in [0.25, 0.3) is 0 Å². The van der Waals surface area contributed by atoms with Crippen LogP contribution in [0.4, 0.5) is 4.39 Å². The van der Waals surface area contributed by atoms with Crippen molar-refractivity contribution in [3.63, 3.8) is 0 Å². The number of ether oxygens (including phenoxy) is 1. The molecule has 5 heteroatoms. The Hall–Kier alpha value is -2.35. The van der Waals surface area contributed by atoms with Crippen molar-refractivity contribution in [2.75, 3.05) is 6.61 Å². The van der Waals surface area contributed by atoms with Crippen LogP contribution in [0.1, 0.15) is 18.1 Å². The molecule has 0 fully saturated rings. The zero-order chi connectivity index (χ0) is 13.5. The van der Waals surface area contributed by atoms with E-state index < -0.39 is 24.2 Å². The Morgan fingerprint density at radius 3 is 2.72 bits per heavy atom. The maximum Gasteiger partial charge on any atom is 0.384 e. The van der Waals surface area contributed by atoms with Crippen LogP contribution >= 0.6 is 0 Å². The molecule has 0 spiro atoms. The van der Waals surface area contributed by atoms with Gasteiger partial charge in [-0.1, -0.05) is 12.0 Å². The predicted molar refractivity (Wildman–Crippen MR) is 61.3 cm³/mol. The normalized spacial score (nSPS) is 9.22. The molecule has 0 atom stereocenters. The fourth-order valence-corrected chi connectivity index (χ4v) is 1.22. The summed E-state index contributed by atoms with van der Waals surface area (Å²) in [5, 5.41) is 8.54. The second-order valence-electron chi connectivity index (χ2n) is 3.35. The van der Waals surface area contributed by atoms with Crippen molar-refractivity contribution in [1.29, 1.82) is 0 Å². The van der Waals surface area contributed by atoms with E-state index in [1.165, 1.54) is 12.1 Å². The van der Waals surface area contributed by atoms with Crippen molar-refractivity contribution in [3.8, 4) is 11.8 Å². The smallest absolute Gasteiger partial charge is 0.384 e. The van der Waals surface area contributed by atoms with E-state index in [-0.39, 0.29) is 17.7 Å². The second kappa shape index (κ2) is 6.40. The van der Waals surface area contributed by atoms with Gasteiger partial charge in [-0.2, -0.15) is 0 Å². The highest BCUT2D eigenvalue weighted by molar-refractivity contribution is 5.89. The molecule has 0 saturated heterocycles. The molecular formula is C13H11FO4. The first-order valence-corrected chi connectivity index (χ1v) is 5.22. The van der Waals surface area contributed by atoms with Crippen molar-refractivity contribution < 1.29 is 23.8 Å². The summed E-state index contributed by atoms with van der Waals surface area (Å²) in [6.07, 6.45) is -0.391. The molecule has 0 radical (unpaired) electrons. The van der Waals surface area contributed by atoms with Gasteiger partial charge in [-0.05, 0) is 24.6 Å². The minimum Gasteiger partial charge on any atom is -0.481 e. The zero-order valence-corrected chi connectivity index (χ0v) is 9.70. The lowest BCUT2D eigenvalue weighted by Crippen LogP contribution is -2.02. The van der Waals surface area contributed by atoms with Crippen LogP contribution in [0.15, 0.2) is 18.2 Å². The molecule has 4 nitrogen and oxygen atoms in total. The molecule has 1 rings (SSSR count). The number of carbonyl (C=O) groups is 2. The Bertz CT molecular complexity index is 526. The topological polar surface area (TPSA) is 63.6 Å². The monoisotopic (exact) mass is 250 g/mol. The summed E-state index contributed by atoms with van der Waals surface area (Å²) in [6.45, 7) is 1.87. The third kappa shape index (κ3) is 4.26. The van der Waals surface area contributed by atoms with Gasteiger partial charge in [0.05, 0.1) is 13.0 Å². The van der Waals surface area contributed by atoms with Gasteiger partial charge in [0, 0.05) is 11.5 Å². The fraction of sp³-hybridized carbons (Fsp3) is 0.231. The predicted octanol–water partition coefficient (Wildman–Crippen LogP) is 1.37. The van der Waals surface area contributed by atoms with E-state index >= 15 is 0 Å². The number of esters is 1. The van der Waals surface area contributed by atoms with E-state index in [1.54, 1.807) is 6.92 Å².